The van der Waals surface area contributed by atoms with Crippen LogP contribution < -0.4 is 10.1 Å². The zero-order valence-corrected chi connectivity index (χ0v) is 17.2. The smallest absolute Gasteiger partial charge is 0.228 e. The molecule has 0 saturated carbocycles. The number of nitrogens with zero attached hydrogens (tertiary/aromatic N) is 4. The standard InChI is InChI=1S/C19H28ClN5O2/c1-5-21-19(22-11-10-17-23-18(14(2)3)24-27-17)25(4)12-13-26-16-8-6-15(20)7-9-16/h6-9,14H,5,10-13H2,1-4H3,(H,21,22). The van der Waals surface area contributed by atoms with Gasteiger partial charge in [-0.05, 0) is 31.2 Å². The van der Waals surface area contributed by atoms with Crippen molar-refractivity contribution in [3.8, 4) is 5.75 Å². The van der Waals surface area contributed by atoms with Crippen molar-refractivity contribution in [3.63, 3.8) is 0 Å². The van der Waals surface area contributed by atoms with Crippen molar-refractivity contribution in [1.82, 2.24) is 20.4 Å². The average molecular weight is 394 g/mol. The van der Waals surface area contributed by atoms with E-state index in [1.54, 1.807) is 0 Å². The molecule has 1 heterocycles. The van der Waals surface area contributed by atoms with Gasteiger partial charge in [-0.3, -0.25) is 4.99 Å². The number of guanidine groups is 1. The molecule has 1 aromatic carbocycles. The maximum absolute atomic E-state index is 5.88. The summed E-state index contributed by atoms with van der Waals surface area (Å²) in [6, 6.07) is 7.34. The summed E-state index contributed by atoms with van der Waals surface area (Å²) in [4.78, 5) is 11.0. The van der Waals surface area contributed by atoms with Crippen LogP contribution in [0, 0.1) is 0 Å². The monoisotopic (exact) mass is 393 g/mol. The van der Waals surface area contributed by atoms with Crippen LogP contribution in [0.3, 0.4) is 0 Å². The van der Waals surface area contributed by atoms with Gasteiger partial charge in [0.1, 0.15) is 12.4 Å². The molecular formula is C19H28ClN5O2. The topological polar surface area (TPSA) is 75.8 Å². The van der Waals surface area contributed by atoms with Crippen molar-refractivity contribution in [2.24, 2.45) is 4.99 Å². The Hall–Kier alpha value is -2.28. The van der Waals surface area contributed by atoms with E-state index >= 15 is 0 Å². The minimum atomic E-state index is 0.259. The lowest BCUT2D eigenvalue weighted by Gasteiger charge is -2.22. The normalized spacial score (nSPS) is 11.7. The zero-order valence-electron chi connectivity index (χ0n) is 16.4. The number of hydrogen-bond acceptors (Lipinski definition) is 5. The summed E-state index contributed by atoms with van der Waals surface area (Å²) in [5.41, 5.74) is 0. The molecule has 27 heavy (non-hydrogen) atoms. The minimum Gasteiger partial charge on any atom is -0.492 e. The van der Waals surface area contributed by atoms with E-state index < -0.39 is 0 Å². The van der Waals surface area contributed by atoms with Gasteiger partial charge < -0.3 is 19.5 Å². The molecule has 0 fully saturated rings. The number of rotatable bonds is 9. The fraction of sp³-hybridized carbons (Fsp3) is 0.526. The first kappa shape index (κ1) is 21.0. The van der Waals surface area contributed by atoms with Gasteiger partial charge in [-0.1, -0.05) is 30.6 Å². The van der Waals surface area contributed by atoms with Crippen molar-refractivity contribution in [3.05, 3.63) is 41.0 Å². The Morgan fingerprint density at radius 2 is 2.07 bits per heavy atom. The average Bonchev–Trinajstić information content (AvgIpc) is 3.12. The summed E-state index contributed by atoms with van der Waals surface area (Å²) >= 11 is 5.88. The summed E-state index contributed by atoms with van der Waals surface area (Å²) in [5.74, 6) is 3.23. The third-order valence-corrected chi connectivity index (χ3v) is 4.04. The van der Waals surface area contributed by atoms with Gasteiger partial charge in [0.15, 0.2) is 11.8 Å². The molecule has 0 unspecified atom stereocenters. The van der Waals surface area contributed by atoms with Crippen LogP contribution in [-0.2, 0) is 6.42 Å². The number of hydrogen-bond donors (Lipinski definition) is 1. The summed E-state index contributed by atoms with van der Waals surface area (Å²) in [5, 5.41) is 7.96. The Morgan fingerprint density at radius 3 is 2.70 bits per heavy atom. The summed E-state index contributed by atoms with van der Waals surface area (Å²) in [6.45, 7) is 8.73. The molecule has 1 N–H and O–H groups in total. The Kier molecular flexibility index (Phi) is 8.39. The second-order valence-electron chi connectivity index (χ2n) is 6.41. The van der Waals surface area contributed by atoms with Gasteiger partial charge in [-0.15, -0.1) is 0 Å². The van der Waals surface area contributed by atoms with Crippen LogP contribution in [0.25, 0.3) is 0 Å². The fourth-order valence-corrected chi connectivity index (χ4v) is 2.39. The van der Waals surface area contributed by atoms with Crippen LogP contribution in [0.1, 0.15) is 38.4 Å². The number of benzene rings is 1. The van der Waals surface area contributed by atoms with Gasteiger partial charge >= 0.3 is 0 Å². The van der Waals surface area contributed by atoms with Gasteiger partial charge in [0.05, 0.1) is 13.1 Å². The van der Waals surface area contributed by atoms with Gasteiger partial charge in [0.25, 0.3) is 0 Å². The molecule has 7 nitrogen and oxygen atoms in total. The van der Waals surface area contributed by atoms with Crippen molar-refractivity contribution >= 4 is 17.6 Å². The van der Waals surface area contributed by atoms with E-state index in [4.69, 9.17) is 20.9 Å². The first-order valence-corrected chi connectivity index (χ1v) is 9.57. The third kappa shape index (κ3) is 7.09. The molecule has 0 aliphatic rings. The number of halogens is 1. The molecule has 148 valence electrons. The van der Waals surface area contributed by atoms with E-state index in [9.17, 15) is 0 Å². The first-order chi connectivity index (χ1) is 13.0. The van der Waals surface area contributed by atoms with Gasteiger partial charge in [-0.2, -0.15) is 4.98 Å². The lowest BCUT2D eigenvalue weighted by atomic mass is 10.2. The summed E-state index contributed by atoms with van der Waals surface area (Å²) < 4.78 is 11.0. The lowest BCUT2D eigenvalue weighted by Crippen LogP contribution is -2.41. The maximum Gasteiger partial charge on any atom is 0.228 e. The van der Waals surface area contributed by atoms with Crippen LogP contribution in [0.5, 0.6) is 5.75 Å². The molecule has 2 aromatic rings. The van der Waals surface area contributed by atoms with Gasteiger partial charge in [0.2, 0.25) is 5.89 Å². The molecule has 0 atom stereocenters. The molecule has 0 aliphatic carbocycles. The SMILES string of the molecule is CCNC(=NCCc1nc(C(C)C)no1)N(C)CCOc1ccc(Cl)cc1. The third-order valence-electron chi connectivity index (χ3n) is 3.79. The molecule has 2 rings (SSSR count). The molecule has 0 aliphatic heterocycles. The van der Waals surface area contributed by atoms with Crippen molar-refractivity contribution < 1.29 is 9.26 Å². The number of ether oxygens (including phenoxy) is 1. The Balaban J connectivity index is 1.82. The van der Waals surface area contributed by atoms with Crippen LogP contribution in [-0.4, -0.2) is 54.3 Å². The lowest BCUT2D eigenvalue weighted by molar-refractivity contribution is 0.281. The highest BCUT2D eigenvalue weighted by molar-refractivity contribution is 6.30. The van der Waals surface area contributed by atoms with Gasteiger partial charge in [-0.25, -0.2) is 0 Å². The van der Waals surface area contributed by atoms with Crippen molar-refractivity contribution in [2.45, 2.75) is 33.1 Å². The Bertz CT molecular complexity index is 715. The van der Waals surface area contributed by atoms with Crippen LogP contribution in [0.4, 0.5) is 0 Å². The predicted octanol–water partition coefficient (Wildman–Crippen LogP) is 3.37. The number of likely N-dealkylation sites (N-methyl/N-ethyl adjacent to an activating group) is 1. The molecule has 1 aromatic heterocycles. The second-order valence-corrected chi connectivity index (χ2v) is 6.85. The first-order valence-electron chi connectivity index (χ1n) is 9.20. The summed E-state index contributed by atoms with van der Waals surface area (Å²) in [6.07, 6.45) is 0.615. The second kappa shape index (κ2) is 10.8. The highest BCUT2D eigenvalue weighted by Gasteiger charge is 2.10. The van der Waals surface area contributed by atoms with Crippen molar-refractivity contribution in [2.75, 3.05) is 33.3 Å². The molecule has 0 spiro atoms. The molecule has 8 heteroatoms. The summed E-state index contributed by atoms with van der Waals surface area (Å²) in [7, 11) is 1.98. The molecule has 0 saturated heterocycles. The number of nitrogens with one attached hydrogen (secondary N) is 1. The number of aliphatic imine (C=N–C) groups is 1. The maximum atomic E-state index is 5.88. The van der Waals surface area contributed by atoms with Gasteiger partial charge in [0, 0.05) is 31.0 Å². The quantitative estimate of drug-likeness (QED) is 0.520. The van der Waals surface area contributed by atoms with E-state index in [1.165, 1.54) is 0 Å². The number of aromatic nitrogens is 2. The van der Waals surface area contributed by atoms with Crippen LogP contribution in [0.2, 0.25) is 5.02 Å². The minimum absolute atomic E-state index is 0.259. The fourth-order valence-electron chi connectivity index (χ4n) is 2.27. The predicted molar refractivity (Wildman–Crippen MR) is 108 cm³/mol. The van der Waals surface area contributed by atoms with E-state index in [0.717, 1.165) is 24.1 Å². The largest absolute Gasteiger partial charge is 0.492 e. The van der Waals surface area contributed by atoms with E-state index in [1.807, 2.05) is 57.0 Å². The molecule has 0 radical (unpaired) electrons. The zero-order chi connectivity index (χ0) is 19.6. The Labute approximate surface area is 165 Å². The van der Waals surface area contributed by atoms with E-state index in [-0.39, 0.29) is 5.92 Å². The molecular weight excluding hydrogens is 366 g/mol. The molecule has 0 amide bonds. The van der Waals surface area contributed by atoms with E-state index in [2.05, 4.69) is 20.4 Å². The van der Waals surface area contributed by atoms with Crippen LogP contribution in [0.15, 0.2) is 33.8 Å². The molecule has 0 bridgehead atoms. The Morgan fingerprint density at radius 1 is 1.33 bits per heavy atom. The van der Waals surface area contributed by atoms with E-state index in [0.29, 0.717) is 37.0 Å². The highest BCUT2D eigenvalue weighted by atomic mass is 35.5. The van der Waals surface area contributed by atoms with Crippen LogP contribution >= 0.6 is 11.6 Å². The highest BCUT2D eigenvalue weighted by Crippen LogP contribution is 2.15. The van der Waals surface area contributed by atoms with Crippen molar-refractivity contribution in [1.29, 1.82) is 0 Å².